The lowest BCUT2D eigenvalue weighted by Crippen LogP contribution is -2.15. The van der Waals surface area contributed by atoms with Crippen molar-refractivity contribution in [1.29, 1.82) is 0 Å². The van der Waals surface area contributed by atoms with Gasteiger partial charge in [0, 0.05) is 23.2 Å². The fourth-order valence-corrected chi connectivity index (χ4v) is 3.24. The molecule has 0 bridgehead atoms. The Morgan fingerprint density at radius 1 is 1.26 bits per heavy atom. The normalized spacial score (nSPS) is 13.8. The second-order valence-electron chi connectivity index (χ2n) is 6.31. The first-order chi connectivity index (χ1) is 13.3. The van der Waals surface area contributed by atoms with Gasteiger partial charge in [0.15, 0.2) is 22.9 Å². The summed E-state index contributed by atoms with van der Waals surface area (Å²) in [5.41, 5.74) is 3.17. The number of hydrogen-bond acceptors (Lipinski definition) is 5. The van der Waals surface area contributed by atoms with Crippen LogP contribution in [0.4, 0.5) is 0 Å². The van der Waals surface area contributed by atoms with Crippen LogP contribution in [0.15, 0.2) is 48.8 Å². The standard InChI is InChI=1S/C21H23N3O3/c1-3-15(8-10-22-2)18-14-24(21-17(18)5-4-9-23-21)27-16-6-7-19-20(13-16)26-12-11-25-19/h3-7,9,13-14,22H,8,10-12H2,1-2H3/b15-3+. The van der Waals surface area contributed by atoms with E-state index in [2.05, 4.69) is 29.4 Å². The number of benzene rings is 1. The SMILES string of the molecule is C/C=C(\CCNC)c1cn(Oc2ccc3c(c2)OCCO3)c2ncccc12. The van der Waals surface area contributed by atoms with Crippen molar-refractivity contribution in [3.05, 3.63) is 54.4 Å². The minimum atomic E-state index is 0.546. The molecule has 27 heavy (non-hydrogen) atoms. The van der Waals surface area contributed by atoms with E-state index in [1.807, 2.05) is 37.5 Å². The molecule has 0 saturated heterocycles. The Bertz CT molecular complexity index is 978. The van der Waals surface area contributed by atoms with Crippen molar-refractivity contribution in [1.82, 2.24) is 15.0 Å². The van der Waals surface area contributed by atoms with Crippen LogP contribution in [-0.4, -0.2) is 36.5 Å². The molecule has 1 N–H and O–H groups in total. The Hall–Kier alpha value is -2.99. The third kappa shape index (κ3) is 3.48. The molecular weight excluding hydrogens is 342 g/mol. The summed E-state index contributed by atoms with van der Waals surface area (Å²) in [7, 11) is 1.96. The highest BCUT2D eigenvalue weighted by atomic mass is 16.7. The third-order valence-electron chi connectivity index (χ3n) is 4.59. The molecule has 0 unspecified atom stereocenters. The van der Waals surface area contributed by atoms with Crippen LogP contribution in [-0.2, 0) is 0 Å². The van der Waals surface area contributed by atoms with Gasteiger partial charge in [-0.15, -0.1) is 0 Å². The van der Waals surface area contributed by atoms with E-state index in [1.165, 1.54) is 5.57 Å². The maximum Gasteiger partial charge on any atom is 0.176 e. The molecule has 0 radical (unpaired) electrons. The highest BCUT2D eigenvalue weighted by Crippen LogP contribution is 2.34. The number of aromatic nitrogens is 2. The molecule has 0 amide bonds. The van der Waals surface area contributed by atoms with Gasteiger partial charge >= 0.3 is 0 Å². The summed E-state index contributed by atoms with van der Waals surface area (Å²) in [6.07, 6.45) is 6.86. The van der Waals surface area contributed by atoms with E-state index in [0.29, 0.717) is 24.7 Å². The average molecular weight is 365 g/mol. The third-order valence-corrected chi connectivity index (χ3v) is 4.59. The Kier molecular flexibility index (Phi) is 4.98. The second kappa shape index (κ2) is 7.72. The summed E-state index contributed by atoms with van der Waals surface area (Å²) in [5, 5.41) is 4.27. The number of pyridine rings is 1. The van der Waals surface area contributed by atoms with Gasteiger partial charge in [0.05, 0.1) is 6.20 Å². The summed E-state index contributed by atoms with van der Waals surface area (Å²) < 4.78 is 12.9. The van der Waals surface area contributed by atoms with Crippen molar-refractivity contribution in [2.75, 3.05) is 26.8 Å². The van der Waals surface area contributed by atoms with Crippen LogP contribution < -0.4 is 19.6 Å². The van der Waals surface area contributed by atoms with Crippen molar-refractivity contribution in [2.24, 2.45) is 0 Å². The number of nitrogens with zero attached hydrogens (tertiary/aromatic N) is 2. The summed E-state index contributed by atoms with van der Waals surface area (Å²) in [6.45, 7) is 4.09. The maximum atomic E-state index is 6.11. The van der Waals surface area contributed by atoms with E-state index in [-0.39, 0.29) is 0 Å². The number of rotatable bonds is 6. The monoisotopic (exact) mass is 365 g/mol. The van der Waals surface area contributed by atoms with Crippen LogP contribution in [0.1, 0.15) is 18.9 Å². The van der Waals surface area contributed by atoms with Crippen molar-refractivity contribution in [3.63, 3.8) is 0 Å². The van der Waals surface area contributed by atoms with Gasteiger partial charge in [-0.2, -0.15) is 4.73 Å². The molecular formula is C21H23N3O3. The van der Waals surface area contributed by atoms with Crippen LogP contribution in [0, 0.1) is 0 Å². The summed E-state index contributed by atoms with van der Waals surface area (Å²) in [4.78, 5) is 10.6. The highest BCUT2D eigenvalue weighted by molar-refractivity contribution is 5.90. The van der Waals surface area contributed by atoms with Crippen LogP contribution in [0.25, 0.3) is 16.6 Å². The molecule has 4 rings (SSSR count). The molecule has 0 spiro atoms. The Labute approximate surface area is 158 Å². The minimum Gasteiger partial charge on any atom is -0.486 e. The van der Waals surface area contributed by atoms with E-state index in [0.717, 1.165) is 35.3 Å². The van der Waals surface area contributed by atoms with Crippen LogP contribution in [0.3, 0.4) is 0 Å². The van der Waals surface area contributed by atoms with Gasteiger partial charge < -0.3 is 19.6 Å². The van der Waals surface area contributed by atoms with Gasteiger partial charge in [-0.25, -0.2) is 4.98 Å². The van der Waals surface area contributed by atoms with Gasteiger partial charge in [-0.3, -0.25) is 0 Å². The van der Waals surface area contributed by atoms with Crippen molar-refractivity contribution in [2.45, 2.75) is 13.3 Å². The van der Waals surface area contributed by atoms with Crippen LogP contribution >= 0.6 is 0 Å². The van der Waals surface area contributed by atoms with E-state index in [1.54, 1.807) is 10.9 Å². The van der Waals surface area contributed by atoms with Gasteiger partial charge in [0.25, 0.3) is 0 Å². The van der Waals surface area contributed by atoms with Gasteiger partial charge in [-0.05, 0) is 56.8 Å². The van der Waals surface area contributed by atoms with Gasteiger partial charge in [0.2, 0.25) is 0 Å². The summed E-state index contributed by atoms with van der Waals surface area (Å²) in [6, 6.07) is 9.62. The molecule has 6 nitrogen and oxygen atoms in total. The molecule has 0 fully saturated rings. The molecule has 140 valence electrons. The number of allylic oxidation sites excluding steroid dienone is 1. The topological polar surface area (TPSA) is 57.5 Å². The first-order valence-corrected chi connectivity index (χ1v) is 9.14. The van der Waals surface area contributed by atoms with Crippen molar-refractivity contribution in [3.8, 4) is 17.2 Å². The van der Waals surface area contributed by atoms with E-state index >= 15 is 0 Å². The van der Waals surface area contributed by atoms with Crippen molar-refractivity contribution < 1.29 is 14.3 Å². The lowest BCUT2D eigenvalue weighted by atomic mass is 10.0. The molecule has 0 atom stereocenters. The van der Waals surface area contributed by atoms with E-state index in [9.17, 15) is 0 Å². The van der Waals surface area contributed by atoms with E-state index in [4.69, 9.17) is 14.3 Å². The van der Waals surface area contributed by atoms with Crippen molar-refractivity contribution >= 4 is 16.6 Å². The summed E-state index contributed by atoms with van der Waals surface area (Å²) in [5.74, 6) is 2.12. The molecule has 3 aromatic rings. The molecule has 1 aliphatic rings. The molecule has 1 aliphatic heterocycles. The average Bonchev–Trinajstić information content (AvgIpc) is 3.07. The Balaban J connectivity index is 1.70. The van der Waals surface area contributed by atoms with E-state index < -0.39 is 0 Å². The Morgan fingerprint density at radius 3 is 2.93 bits per heavy atom. The summed E-state index contributed by atoms with van der Waals surface area (Å²) >= 11 is 0. The lowest BCUT2D eigenvalue weighted by molar-refractivity contribution is 0.168. The molecule has 0 saturated carbocycles. The lowest BCUT2D eigenvalue weighted by Gasteiger charge is -2.18. The molecule has 6 heteroatoms. The number of ether oxygens (including phenoxy) is 2. The zero-order chi connectivity index (χ0) is 18.6. The quantitative estimate of drug-likeness (QED) is 0.722. The number of hydrogen-bond donors (Lipinski definition) is 1. The molecule has 3 heterocycles. The molecule has 2 aromatic heterocycles. The predicted octanol–water partition coefficient (Wildman–Crippen LogP) is 3.66. The van der Waals surface area contributed by atoms with Gasteiger partial charge in [0.1, 0.15) is 13.2 Å². The first kappa shape index (κ1) is 17.4. The first-order valence-electron chi connectivity index (χ1n) is 9.14. The fourth-order valence-electron chi connectivity index (χ4n) is 3.24. The van der Waals surface area contributed by atoms with Crippen LogP contribution in [0.5, 0.6) is 17.2 Å². The largest absolute Gasteiger partial charge is 0.486 e. The highest BCUT2D eigenvalue weighted by Gasteiger charge is 2.16. The maximum absolute atomic E-state index is 6.11. The smallest absolute Gasteiger partial charge is 0.176 e. The van der Waals surface area contributed by atoms with Gasteiger partial charge in [-0.1, -0.05) is 6.08 Å². The van der Waals surface area contributed by atoms with Crippen LogP contribution in [0.2, 0.25) is 0 Å². The number of nitrogens with one attached hydrogen (secondary N) is 1. The molecule has 1 aromatic carbocycles. The zero-order valence-corrected chi connectivity index (χ0v) is 15.6. The minimum absolute atomic E-state index is 0.546. The molecule has 0 aliphatic carbocycles. The zero-order valence-electron chi connectivity index (χ0n) is 15.6. The predicted molar refractivity (Wildman–Crippen MR) is 105 cm³/mol. The fraction of sp³-hybridized carbons (Fsp3) is 0.286. The Morgan fingerprint density at radius 2 is 2.11 bits per heavy atom. The second-order valence-corrected chi connectivity index (χ2v) is 6.31. The number of fused-ring (bicyclic) bond motifs is 2.